The summed E-state index contributed by atoms with van der Waals surface area (Å²) in [4.78, 5) is 14.2. The van der Waals surface area contributed by atoms with Crippen LogP contribution in [-0.4, -0.2) is 68.7 Å². The Hall–Kier alpha value is -0.660. The normalized spacial score (nSPS) is 26.4. The number of carbonyl (C=O) groups is 1. The summed E-state index contributed by atoms with van der Waals surface area (Å²) in [5, 5.41) is 0. The Kier molecular flexibility index (Phi) is 4.81. The third-order valence-electron chi connectivity index (χ3n) is 3.81. The number of piperidine rings is 1. The zero-order valence-electron chi connectivity index (χ0n) is 11.4. The third kappa shape index (κ3) is 3.46. The van der Waals surface area contributed by atoms with Crippen LogP contribution in [0, 0.1) is 5.92 Å². The smallest absolute Gasteiger partial charge is 0.227 e. The maximum absolute atomic E-state index is 12.4. The van der Waals surface area contributed by atoms with Gasteiger partial charge in [-0.25, -0.2) is 12.7 Å². The summed E-state index contributed by atoms with van der Waals surface area (Å²) in [6, 6.07) is 0. The number of carbonyl (C=O) groups excluding carboxylic acids is 1. The Morgan fingerprint density at radius 1 is 1.26 bits per heavy atom. The van der Waals surface area contributed by atoms with Crippen molar-refractivity contribution in [2.45, 2.75) is 19.8 Å². The monoisotopic (exact) mass is 290 g/mol. The van der Waals surface area contributed by atoms with E-state index in [1.54, 1.807) is 11.8 Å². The summed E-state index contributed by atoms with van der Waals surface area (Å²) in [5.41, 5.74) is 0. The molecule has 0 spiro atoms. The van der Waals surface area contributed by atoms with Crippen LogP contribution in [0.1, 0.15) is 19.8 Å². The molecule has 0 aromatic carbocycles. The highest BCUT2D eigenvalue weighted by molar-refractivity contribution is 7.89. The second-order valence-corrected chi connectivity index (χ2v) is 7.29. The van der Waals surface area contributed by atoms with Crippen molar-refractivity contribution in [3.63, 3.8) is 0 Å². The second kappa shape index (κ2) is 6.19. The van der Waals surface area contributed by atoms with Crippen LogP contribution in [0.15, 0.2) is 0 Å². The van der Waals surface area contributed by atoms with Gasteiger partial charge in [-0.1, -0.05) is 0 Å². The number of sulfonamides is 1. The Bertz CT molecular complexity index is 417. The van der Waals surface area contributed by atoms with Crippen molar-refractivity contribution < 1.29 is 17.9 Å². The molecular weight excluding hydrogens is 268 g/mol. The van der Waals surface area contributed by atoms with Crippen LogP contribution in [0.4, 0.5) is 0 Å². The first kappa shape index (κ1) is 14.7. The van der Waals surface area contributed by atoms with Crippen LogP contribution in [0.2, 0.25) is 0 Å². The largest absolute Gasteiger partial charge is 0.378 e. The van der Waals surface area contributed by atoms with E-state index in [1.807, 2.05) is 0 Å². The van der Waals surface area contributed by atoms with Gasteiger partial charge in [-0.15, -0.1) is 0 Å². The average molecular weight is 290 g/mol. The van der Waals surface area contributed by atoms with Crippen LogP contribution in [0.5, 0.6) is 0 Å². The van der Waals surface area contributed by atoms with Gasteiger partial charge in [0.1, 0.15) is 0 Å². The zero-order chi connectivity index (χ0) is 13.9. The zero-order valence-corrected chi connectivity index (χ0v) is 12.2. The van der Waals surface area contributed by atoms with E-state index in [2.05, 4.69) is 0 Å². The maximum Gasteiger partial charge on any atom is 0.227 e. The molecule has 0 aromatic heterocycles. The quantitative estimate of drug-likeness (QED) is 0.728. The molecule has 0 unspecified atom stereocenters. The number of nitrogens with zero attached hydrogens (tertiary/aromatic N) is 2. The van der Waals surface area contributed by atoms with Crippen molar-refractivity contribution in [1.82, 2.24) is 9.21 Å². The topological polar surface area (TPSA) is 66.9 Å². The van der Waals surface area contributed by atoms with Crippen molar-refractivity contribution in [3.05, 3.63) is 0 Å². The fraction of sp³-hybridized carbons (Fsp3) is 0.917. The van der Waals surface area contributed by atoms with Crippen molar-refractivity contribution in [3.8, 4) is 0 Å². The van der Waals surface area contributed by atoms with Crippen LogP contribution in [0.25, 0.3) is 0 Å². The Morgan fingerprint density at radius 3 is 2.58 bits per heavy atom. The van der Waals surface area contributed by atoms with E-state index in [9.17, 15) is 13.2 Å². The number of ether oxygens (including phenoxy) is 1. The molecule has 1 atom stereocenters. The molecule has 2 fully saturated rings. The van der Waals surface area contributed by atoms with Crippen LogP contribution >= 0.6 is 0 Å². The van der Waals surface area contributed by atoms with Gasteiger partial charge in [0.05, 0.1) is 24.9 Å². The van der Waals surface area contributed by atoms with Gasteiger partial charge >= 0.3 is 0 Å². The lowest BCUT2D eigenvalue weighted by Crippen LogP contribution is -2.49. The van der Waals surface area contributed by atoms with E-state index >= 15 is 0 Å². The molecule has 0 bridgehead atoms. The highest BCUT2D eigenvalue weighted by atomic mass is 32.2. The van der Waals surface area contributed by atoms with E-state index in [-0.39, 0.29) is 17.6 Å². The van der Waals surface area contributed by atoms with Gasteiger partial charge in [-0.05, 0) is 19.8 Å². The minimum Gasteiger partial charge on any atom is -0.378 e. The van der Waals surface area contributed by atoms with Crippen molar-refractivity contribution in [2.24, 2.45) is 5.92 Å². The van der Waals surface area contributed by atoms with E-state index < -0.39 is 10.0 Å². The number of hydrogen-bond acceptors (Lipinski definition) is 4. The van der Waals surface area contributed by atoms with E-state index in [1.165, 1.54) is 4.31 Å². The lowest BCUT2D eigenvalue weighted by molar-refractivity contribution is -0.140. The predicted molar refractivity (Wildman–Crippen MR) is 71.2 cm³/mol. The summed E-state index contributed by atoms with van der Waals surface area (Å²) in [7, 11) is -3.18. The molecule has 0 aliphatic carbocycles. The van der Waals surface area contributed by atoms with Gasteiger partial charge in [0, 0.05) is 26.2 Å². The molecule has 2 aliphatic rings. The molecule has 2 rings (SSSR count). The van der Waals surface area contributed by atoms with Crippen molar-refractivity contribution in [2.75, 3.05) is 45.1 Å². The number of hydrogen-bond donors (Lipinski definition) is 0. The van der Waals surface area contributed by atoms with E-state index in [0.29, 0.717) is 39.4 Å². The third-order valence-corrected chi connectivity index (χ3v) is 5.66. The predicted octanol–water partition coefficient (Wildman–Crippen LogP) is -0.0931. The molecule has 0 radical (unpaired) electrons. The lowest BCUT2D eigenvalue weighted by atomic mass is 9.98. The average Bonchev–Trinajstić information content (AvgIpc) is 2.47. The van der Waals surface area contributed by atoms with Gasteiger partial charge in [-0.2, -0.15) is 0 Å². The van der Waals surface area contributed by atoms with Gasteiger partial charge < -0.3 is 9.64 Å². The molecule has 0 aromatic rings. The SMILES string of the molecule is CCS(=O)(=O)N1CCC[C@H](C(=O)N2CCOCC2)C1. The highest BCUT2D eigenvalue weighted by Gasteiger charge is 2.33. The minimum absolute atomic E-state index is 0.0827. The van der Waals surface area contributed by atoms with Crippen LogP contribution in [-0.2, 0) is 19.6 Å². The van der Waals surface area contributed by atoms with E-state index in [4.69, 9.17) is 4.74 Å². The molecule has 2 heterocycles. The fourth-order valence-electron chi connectivity index (χ4n) is 2.62. The Labute approximate surface area is 114 Å². The molecule has 0 saturated carbocycles. The Morgan fingerprint density at radius 2 is 1.95 bits per heavy atom. The van der Waals surface area contributed by atoms with Gasteiger partial charge in [0.2, 0.25) is 15.9 Å². The molecule has 2 saturated heterocycles. The summed E-state index contributed by atoms with van der Waals surface area (Å²) in [5.74, 6) is -0.00154. The molecule has 1 amide bonds. The molecule has 19 heavy (non-hydrogen) atoms. The van der Waals surface area contributed by atoms with Crippen LogP contribution in [0.3, 0.4) is 0 Å². The summed E-state index contributed by atoms with van der Waals surface area (Å²) in [6.45, 7) is 4.93. The first-order valence-electron chi connectivity index (χ1n) is 6.89. The number of rotatable bonds is 3. The van der Waals surface area contributed by atoms with E-state index in [0.717, 1.165) is 12.8 Å². The Balaban J connectivity index is 1.98. The standard InChI is InChI=1S/C12H22N2O4S/c1-2-19(16,17)14-5-3-4-11(10-14)12(15)13-6-8-18-9-7-13/h11H,2-10H2,1H3/t11-/m0/s1. The molecular formula is C12H22N2O4S. The minimum atomic E-state index is -3.18. The number of amides is 1. The first-order valence-corrected chi connectivity index (χ1v) is 8.50. The van der Waals surface area contributed by atoms with Gasteiger partial charge in [0.15, 0.2) is 0 Å². The second-order valence-electron chi connectivity index (χ2n) is 5.04. The maximum atomic E-state index is 12.4. The molecule has 7 heteroatoms. The molecule has 110 valence electrons. The highest BCUT2D eigenvalue weighted by Crippen LogP contribution is 2.21. The first-order chi connectivity index (χ1) is 9.04. The molecule has 0 N–H and O–H groups in total. The summed E-state index contributed by atoms with van der Waals surface area (Å²) < 4.78 is 30.5. The molecule has 6 nitrogen and oxygen atoms in total. The van der Waals surface area contributed by atoms with Crippen LogP contribution < -0.4 is 0 Å². The fourth-order valence-corrected chi connectivity index (χ4v) is 3.80. The summed E-state index contributed by atoms with van der Waals surface area (Å²) in [6.07, 6.45) is 1.55. The summed E-state index contributed by atoms with van der Waals surface area (Å²) >= 11 is 0. The van der Waals surface area contributed by atoms with Gasteiger partial charge in [-0.3, -0.25) is 4.79 Å². The number of morpholine rings is 1. The van der Waals surface area contributed by atoms with Gasteiger partial charge in [0.25, 0.3) is 0 Å². The van der Waals surface area contributed by atoms with Crippen molar-refractivity contribution in [1.29, 1.82) is 0 Å². The molecule has 2 aliphatic heterocycles. The van der Waals surface area contributed by atoms with Crippen molar-refractivity contribution >= 4 is 15.9 Å². The lowest BCUT2D eigenvalue weighted by Gasteiger charge is -2.35.